The fourth-order valence-corrected chi connectivity index (χ4v) is 0.981. The fourth-order valence-electron chi connectivity index (χ4n) is 0.981. The molecule has 1 aromatic rings. The van der Waals surface area contributed by atoms with Crippen molar-refractivity contribution in [2.45, 2.75) is 12.8 Å². The van der Waals surface area contributed by atoms with Gasteiger partial charge in [-0.05, 0) is 12.8 Å². The van der Waals surface area contributed by atoms with Crippen molar-refractivity contribution >= 4 is 5.78 Å². The van der Waals surface area contributed by atoms with Crippen molar-refractivity contribution in [2.24, 2.45) is 5.92 Å². The van der Waals surface area contributed by atoms with Gasteiger partial charge in [-0.1, -0.05) is 0 Å². The molecule has 2 rings (SSSR count). The van der Waals surface area contributed by atoms with Crippen LogP contribution in [0, 0.1) is 5.92 Å². The van der Waals surface area contributed by atoms with E-state index in [1.165, 1.54) is 6.20 Å². The van der Waals surface area contributed by atoms with Gasteiger partial charge in [0.15, 0.2) is 5.78 Å². The minimum absolute atomic E-state index is 0.151. The molecule has 0 spiro atoms. The van der Waals surface area contributed by atoms with Crippen LogP contribution in [0.25, 0.3) is 0 Å². The summed E-state index contributed by atoms with van der Waals surface area (Å²) in [5, 5.41) is 0. The Bertz CT molecular complexity index is 267. The molecule has 0 bridgehead atoms. The molecule has 1 saturated carbocycles. The van der Waals surface area contributed by atoms with Crippen LogP contribution in [0.2, 0.25) is 0 Å². The molecule has 0 saturated heterocycles. The van der Waals surface area contributed by atoms with Crippen LogP contribution in [0.1, 0.15) is 23.3 Å². The molecule has 0 radical (unpaired) electrons. The van der Waals surface area contributed by atoms with E-state index in [0.29, 0.717) is 5.69 Å². The Balaban J connectivity index is 2.22. The predicted molar refractivity (Wildman–Crippen MR) is 39.1 cm³/mol. The van der Waals surface area contributed by atoms with E-state index in [9.17, 15) is 4.79 Å². The SMILES string of the molecule is O=C(c1cnccn1)C1CC1. The number of nitrogens with zero attached hydrogens (tertiary/aromatic N) is 2. The van der Waals surface area contributed by atoms with Crippen LogP contribution < -0.4 is 0 Å². The minimum Gasteiger partial charge on any atom is -0.292 e. The largest absolute Gasteiger partial charge is 0.292 e. The van der Waals surface area contributed by atoms with E-state index in [1.807, 2.05) is 0 Å². The maximum Gasteiger partial charge on any atom is 0.185 e. The Morgan fingerprint density at radius 3 is 2.82 bits per heavy atom. The fraction of sp³-hybridized carbons (Fsp3) is 0.375. The highest BCUT2D eigenvalue weighted by atomic mass is 16.1. The maximum absolute atomic E-state index is 11.3. The summed E-state index contributed by atoms with van der Waals surface area (Å²) in [7, 11) is 0. The van der Waals surface area contributed by atoms with Gasteiger partial charge < -0.3 is 0 Å². The van der Waals surface area contributed by atoms with Gasteiger partial charge in [-0.2, -0.15) is 0 Å². The molecule has 11 heavy (non-hydrogen) atoms. The third kappa shape index (κ3) is 1.27. The first kappa shape index (κ1) is 6.46. The molecule has 1 heterocycles. The summed E-state index contributed by atoms with van der Waals surface area (Å²) < 4.78 is 0. The smallest absolute Gasteiger partial charge is 0.185 e. The van der Waals surface area contributed by atoms with Crippen molar-refractivity contribution in [3.63, 3.8) is 0 Å². The second-order valence-corrected chi connectivity index (χ2v) is 2.73. The van der Waals surface area contributed by atoms with Crippen molar-refractivity contribution in [1.29, 1.82) is 0 Å². The average molecular weight is 148 g/mol. The third-order valence-corrected chi connectivity index (χ3v) is 1.76. The van der Waals surface area contributed by atoms with E-state index in [4.69, 9.17) is 0 Å². The lowest BCUT2D eigenvalue weighted by Gasteiger charge is -1.93. The molecule has 0 unspecified atom stereocenters. The number of Topliss-reactive ketones (excluding diaryl/α,β-unsaturated/α-hetero) is 1. The normalized spacial score (nSPS) is 16.4. The van der Waals surface area contributed by atoms with Gasteiger partial charge in [0, 0.05) is 18.3 Å². The molecule has 3 heteroatoms. The van der Waals surface area contributed by atoms with Crippen LogP contribution in [-0.4, -0.2) is 15.8 Å². The molecule has 0 aliphatic heterocycles. The highest BCUT2D eigenvalue weighted by Crippen LogP contribution is 2.31. The Kier molecular flexibility index (Phi) is 1.42. The number of carbonyl (C=O) groups excluding carboxylic acids is 1. The average Bonchev–Trinajstić information content (AvgIpc) is 2.87. The first-order valence-corrected chi connectivity index (χ1v) is 3.68. The van der Waals surface area contributed by atoms with Crippen LogP contribution in [-0.2, 0) is 0 Å². The second-order valence-electron chi connectivity index (χ2n) is 2.73. The van der Waals surface area contributed by atoms with Crippen LogP contribution in [0.15, 0.2) is 18.6 Å². The van der Waals surface area contributed by atoms with Gasteiger partial charge in [-0.3, -0.25) is 9.78 Å². The molecule has 1 fully saturated rings. The van der Waals surface area contributed by atoms with Crippen LogP contribution in [0.3, 0.4) is 0 Å². The number of hydrogen-bond acceptors (Lipinski definition) is 3. The van der Waals surface area contributed by atoms with Crippen LogP contribution in [0.5, 0.6) is 0 Å². The van der Waals surface area contributed by atoms with E-state index >= 15 is 0 Å². The van der Waals surface area contributed by atoms with Crippen LogP contribution in [0.4, 0.5) is 0 Å². The molecule has 1 aliphatic carbocycles. The number of hydrogen-bond donors (Lipinski definition) is 0. The summed E-state index contributed by atoms with van der Waals surface area (Å²) in [6.07, 6.45) is 6.70. The number of rotatable bonds is 2. The van der Waals surface area contributed by atoms with Gasteiger partial charge in [0.1, 0.15) is 5.69 Å². The summed E-state index contributed by atoms with van der Waals surface area (Å²) in [4.78, 5) is 19.1. The van der Waals surface area contributed by atoms with Crippen molar-refractivity contribution in [3.05, 3.63) is 24.3 Å². The lowest BCUT2D eigenvalue weighted by atomic mass is 10.2. The van der Waals surface area contributed by atoms with Crippen LogP contribution >= 0.6 is 0 Å². The van der Waals surface area contributed by atoms with Crippen molar-refractivity contribution < 1.29 is 4.79 Å². The van der Waals surface area contributed by atoms with E-state index in [-0.39, 0.29) is 11.7 Å². The summed E-state index contributed by atoms with van der Waals surface area (Å²) in [6, 6.07) is 0. The van der Waals surface area contributed by atoms with E-state index in [0.717, 1.165) is 12.8 Å². The molecule has 1 aliphatic rings. The molecular formula is C8H8N2O. The molecular weight excluding hydrogens is 140 g/mol. The maximum atomic E-state index is 11.3. The highest BCUT2D eigenvalue weighted by Gasteiger charge is 2.31. The Hall–Kier alpha value is -1.25. The van der Waals surface area contributed by atoms with Gasteiger partial charge in [0.25, 0.3) is 0 Å². The Morgan fingerprint density at radius 1 is 1.45 bits per heavy atom. The first-order valence-electron chi connectivity index (χ1n) is 3.68. The van der Waals surface area contributed by atoms with Crippen molar-refractivity contribution in [1.82, 2.24) is 9.97 Å². The lowest BCUT2D eigenvalue weighted by molar-refractivity contribution is 0.0962. The number of aromatic nitrogens is 2. The summed E-state index contributed by atoms with van der Waals surface area (Å²) in [6.45, 7) is 0. The molecule has 0 N–H and O–H groups in total. The van der Waals surface area contributed by atoms with Gasteiger partial charge in [-0.15, -0.1) is 0 Å². The predicted octanol–water partition coefficient (Wildman–Crippen LogP) is 1.07. The van der Waals surface area contributed by atoms with Crippen molar-refractivity contribution in [2.75, 3.05) is 0 Å². The molecule has 1 aromatic heterocycles. The zero-order valence-electron chi connectivity index (χ0n) is 6.03. The summed E-state index contributed by atoms with van der Waals surface area (Å²) in [5.74, 6) is 0.393. The van der Waals surface area contributed by atoms with Gasteiger partial charge >= 0.3 is 0 Å². The Morgan fingerprint density at radius 2 is 2.27 bits per heavy atom. The first-order chi connectivity index (χ1) is 5.38. The van der Waals surface area contributed by atoms with E-state index in [2.05, 4.69) is 9.97 Å². The Labute approximate surface area is 64.5 Å². The highest BCUT2D eigenvalue weighted by molar-refractivity contribution is 5.97. The van der Waals surface area contributed by atoms with Gasteiger partial charge in [-0.25, -0.2) is 4.98 Å². The number of ketones is 1. The zero-order chi connectivity index (χ0) is 7.68. The van der Waals surface area contributed by atoms with Gasteiger partial charge in [0.2, 0.25) is 0 Å². The van der Waals surface area contributed by atoms with E-state index in [1.54, 1.807) is 12.4 Å². The molecule has 0 amide bonds. The van der Waals surface area contributed by atoms with Crippen molar-refractivity contribution in [3.8, 4) is 0 Å². The monoisotopic (exact) mass is 148 g/mol. The summed E-state index contributed by atoms with van der Waals surface area (Å²) >= 11 is 0. The molecule has 3 nitrogen and oxygen atoms in total. The quantitative estimate of drug-likeness (QED) is 0.589. The molecule has 0 atom stereocenters. The third-order valence-electron chi connectivity index (χ3n) is 1.76. The van der Waals surface area contributed by atoms with Gasteiger partial charge in [0.05, 0.1) is 6.20 Å². The zero-order valence-corrected chi connectivity index (χ0v) is 6.03. The second kappa shape index (κ2) is 2.42. The summed E-state index contributed by atoms with van der Waals surface area (Å²) in [5.41, 5.74) is 0.509. The standard InChI is InChI=1S/C8H8N2O/c11-8(6-1-2-6)7-5-9-3-4-10-7/h3-6H,1-2H2. The number of carbonyl (C=O) groups is 1. The molecule has 0 aromatic carbocycles. The van der Waals surface area contributed by atoms with E-state index < -0.39 is 0 Å². The lowest BCUT2D eigenvalue weighted by Crippen LogP contribution is -2.03. The molecule has 56 valence electrons. The topological polar surface area (TPSA) is 42.9 Å². The minimum atomic E-state index is 0.151.